The molecule has 0 aliphatic carbocycles. The van der Waals surface area contributed by atoms with Gasteiger partial charge in [-0.05, 0) is 68.5 Å². The number of carbonyl (C=O) groups is 1. The monoisotopic (exact) mass is 400 g/mol. The number of nitrogens with zero attached hydrogens (tertiary/aromatic N) is 1. The summed E-state index contributed by atoms with van der Waals surface area (Å²) in [7, 11) is -3.64. The Morgan fingerprint density at radius 2 is 1.86 bits per heavy atom. The van der Waals surface area contributed by atoms with Gasteiger partial charge in [-0.25, -0.2) is 8.42 Å². The van der Waals surface area contributed by atoms with Crippen LogP contribution in [-0.2, 0) is 16.4 Å². The molecule has 0 saturated heterocycles. The molecule has 1 amide bonds. The van der Waals surface area contributed by atoms with Crippen LogP contribution in [0.3, 0.4) is 0 Å². The Bertz CT molecular complexity index is 966. The molecule has 0 unspecified atom stereocenters. The second-order valence-corrected chi connectivity index (χ2v) is 9.76. The quantitative estimate of drug-likeness (QED) is 0.799. The molecule has 0 bridgehead atoms. The number of hydrogen-bond acceptors (Lipinski definition) is 3. The third-order valence-electron chi connectivity index (χ3n) is 5.08. The topological polar surface area (TPSA) is 66.5 Å². The van der Waals surface area contributed by atoms with Crippen molar-refractivity contribution >= 4 is 21.6 Å². The number of fused-ring (bicyclic) bond motifs is 1. The number of amides is 1. The van der Waals surface area contributed by atoms with Gasteiger partial charge in [-0.1, -0.05) is 31.5 Å². The molecular formula is C22H28N2O3S. The number of nitrogens with one attached hydrogen (secondary N) is 1. The van der Waals surface area contributed by atoms with Crippen LogP contribution in [-0.4, -0.2) is 26.9 Å². The van der Waals surface area contributed by atoms with Crippen LogP contribution >= 0.6 is 0 Å². The minimum atomic E-state index is -3.64. The fraction of sp³-hybridized carbons (Fsp3) is 0.409. The van der Waals surface area contributed by atoms with E-state index in [-0.39, 0.29) is 16.8 Å². The lowest BCUT2D eigenvalue weighted by Crippen LogP contribution is -2.35. The summed E-state index contributed by atoms with van der Waals surface area (Å²) in [6, 6.07) is 12.0. The third-order valence-corrected chi connectivity index (χ3v) is 7.02. The lowest BCUT2D eigenvalue weighted by molar-refractivity contribution is 0.0952. The summed E-state index contributed by atoms with van der Waals surface area (Å²) in [4.78, 5) is 12.7. The number of benzene rings is 2. The Labute approximate surface area is 167 Å². The zero-order valence-corrected chi connectivity index (χ0v) is 17.7. The maximum Gasteiger partial charge on any atom is 0.264 e. The van der Waals surface area contributed by atoms with E-state index in [0.717, 1.165) is 17.5 Å². The molecule has 3 rings (SSSR count). The van der Waals surface area contributed by atoms with Gasteiger partial charge in [0, 0.05) is 18.2 Å². The molecule has 1 N–H and O–H groups in total. The normalized spacial score (nSPS) is 16.3. The van der Waals surface area contributed by atoms with E-state index in [1.165, 1.54) is 4.31 Å². The van der Waals surface area contributed by atoms with Gasteiger partial charge in [0.25, 0.3) is 15.9 Å². The van der Waals surface area contributed by atoms with E-state index in [2.05, 4.69) is 19.2 Å². The van der Waals surface area contributed by atoms with Crippen molar-refractivity contribution in [3.05, 3.63) is 59.2 Å². The first-order chi connectivity index (χ1) is 13.2. The van der Waals surface area contributed by atoms with Gasteiger partial charge in [0.15, 0.2) is 0 Å². The molecule has 5 nitrogen and oxygen atoms in total. The van der Waals surface area contributed by atoms with Crippen LogP contribution in [0.4, 0.5) is 5.69 Å². The maximum atomic E-state index is 13.2. The van der Waals surface area contributed by atoms with E-state index in [1.807, 2.05) is 19.9 Å². The molecular weight excluding hydrogens is 372 g/mol. The highest BCUT2D eigenvalue weighted by Gasteiger charge is 2.36. The van der Waals surface area contributed by atoms with Crippen LogP contribution in [0.15, 0.2) is 47.4 Å². The Kier molecular flexibility index (Phi) is 5.79. The van der Waals surface area contributed by atoms with Gasteiger partial charge in [-0.15, -0.1) is 0 Å². The molecule has 150 valence electrons. The molecule has 1 aliphatic heterocycles. The number of rotatable bonds is 6. The van der Waals surface area contributed by atoms with Gasteiger partial charge in [0.05, 0.1) is 10.6 Å². The molecule has 0 aromatic heterocycles. The van der Waals surface area contributed by atoms with Crippen LogP contribution in [0.1, 0.15) is 48.7 Å². The SMILES string of the molecule is Cc1ccc(S(=O)(=O)N2c3ccc(C(=O)NCCC(C)C)cc3C[C@H]2C)cc1. The van der Waals surface area contributed by atoms with Gasteiger partial charge in [0.2, 0.25) is 0 Å². The zero-order valence-electron chi connectivity index (χ0n) is 16.9. The number of carbonyl (C=O) groups excluding carboxylic acids is 1. The van der Waals surface area contributed by atoms with Gasteiger partial charge in [0.1, 0.15) is 0 Å². The Balaban J connectivity index is 1.85. The van der Waals surface area contributed by atoms with Gasteiger partial charge in [-0.2, -0.15) is 0 Å². The number of anilines is 1. The highest BCUT2D eigenvalue weighted by atomic mass is 32.2. The molecule has 1 heterocycles. The average molecular weight is 401 g/mol. The van der Waals surface area contributed by atoms with Crippen LogP contribution in [0.25, 0.3) is 0 Å². The Morgan fingerprint density at radius 1 is 1.18 bits per heavy atom. The third kappa shape index (κ3) is 4.07. The average Bonchev–Trinajstić information content (AvgIpc) is 2.97. The summed E-state index contributed by atoms with van der Waals surface area (Å²) in [6.07, 6.45) is 1.52. The molecule has 0 radical (unpaired) electrons. The van der Waals surface area contributed by atoms with Crippen molar-refractivity contribution in [2.45, 2.75) is 51.5 Å². The Hall–Kier alpha value is -2.34. The van der Waals surface area contributed by atoms with E-state index in [9.17, 15) is 13.2 Å². The molecule has 0 saturated carbocycles. The van der Waals surface area contributed by atoms with E-state index in [4.69, 9.17) is 0 Å². The van der Waals surface area contributed by atoms with E-state index in [0.29, 0.717) is 30.1 Å². The van der Waals surface area contributed by atoms with Crippen molar-refractivity contribution in [3.63, 3.8) is 0 Å². The van der Waals surface area contributed by atoms with Crippen LogP contribution in [0.5, 0.6) is 0 Å². The Morgan fingerprint density at radius 3 is 2.50 bits per heavy atom. The van der Waals surface area contributed by atoms with Gasteiger partial charge < -0.3 is 5.32 Å². The van der Waals surface area contributed by atoms with Crippen molar-refractivity contribution in [3.8, 4) is 0 Å². The van der Waals surface area contributed by atoms with Gasteiger partial charge >= 0.3 is 0 Å². The molecule has 1 atom stereocenters. The van der Waals surface area contributed by atoms with Crippen molar-refractivity contribution in [1.29, 1.82) is 0 Å². The minimum Gasteiger partial charge on any atom is -0.352 e. The summed E-state index contributed by atoms with van der Waals surface area (Å²) in [5, 5.41) is 2.93. The zero-order chi connectivity index (χ0) is 20.5. The largest absolute Gasteiger partial charge is 0.352 e. The smallest absolute Gasteiger partial charge is 0.264 e. The highest BCUT2D eigenvalue weighted by molar-refractivity contribution is 7.92. The van der Waals surface area contributed by atoms with Crippen molar-refractivity contribution < 1.29 is 13.2 Å². The van der Waals surface area contributed by atoms with Crippen molar-refractivity contribution in [1.82, 2.24) is 5.32 Å². The predicted molar refractivity (Wildman–Crippen MR) is 112 cm³/mol. The first-order valence-electron chi connectivity index (χ1n) is 9.72. The predicted octanol–water partition coefficient (Wildman–Crippen LogP) is 3.91. The molecule has 2 aromatic rings. The lowest BCUT2D eigenvalue weighted by Gasteiger charge is -2.24. The summed E-state index contributed by atoms with van der Waals surface area (Å²) in [5.74, 6) is 0.414. The van der Waals surface area contributed by atoms with E-state index < -0.39 is 10.0 Å². The highest BCUT2D eigenvalue weighted by Crippen LogP contribution is 2.37. The minimum absolute atomic E-state index is 0.115. The first kappa shape index (κ1) is 20.4. The number of aryl methyl sites for hydroxylation is 1. The fourth-order valence-corrected chi connectivity index (χ4v) is 5.20. The molecule has 0 spiro atoms. The van der Waals surface area contributed by atoms with E-state index in [1.54, 1.807) is 36.4 Å². The summed E-state index contributed by atoms with van der Waals surface area (Å²) in [6.45, 7) is 8.70. The molecule has 2 aromatic carbocycles. The lowest BCUT2D eigenvalue weighted by atomic mass is 10.1. The first-order valence-corrected chi connectivity index (χ1v) is 11.2. The van der Waals surface area contributed by atoms with Crippen LogP contribution in [0, 0.1) is 12.8 Å². The van der Waals surface area contributed by atoms with Crippen molar-refractivity contribution in [2.24, 2.45) is 5.92 Å². The van der Waals surface area contributed by atoms with Crippen LogP contribution < -0.4 is 9.62 Å². The molecule has 1 aliphatic rings. The summed E-state index contributed by atoms with van der Waals surface area (Å²) < 4.78 is 27.9. The number of hydrogen-bond donors (Lipinski definition) is 1. The van der Waals surface area contributed by atoms with Crippen molar-refractivity contribution in [2.75, 3.05) is 10.8 Å². The molecule has 0 fully saturated rings. The standard InChI is InChI=1S/C22H28N2O3S/c1-15(2)11-12-23-22(25)18-7-10-21-19(14-18)13-17(4)24(21)28(26,27)20-8-5-16(3)6-9-20/h5-10,14-15,17H,11-13H2,1-4H3,(H,23,25)/t17-/m1/s1. The molecule has 6 heteroatoms. The second-order valence-electron chi connectivity index (χ2n) is 7.95. The van der Waals surface area contributed by atoms with Gasteiger partial charge in [-0.3, -0.25) is 9.10 Å². The fourth-order valence-electron chi connectivity index (χ4n) is 3.51. The second kappa shape index (κ2) is 7.95. The number of sulfonamides is 1. The van der Waals surface area contributed by atoms with Crippen LogP contribution in [0.2, 0.25) is 0 Å². The summed E-state index contributed by atoms with van der Waals surface area (Å²) >= 11 is 0. The van der Waals surface area contributed by atoms with E-state index >= 15 is 0 Å². The maximum absolute atomic E-state index is 13.2. The summed E-state index contributed by atoms with van der Waals surface area (Å²) in [5.41, 5.74) is 3.14. The molecule has 28 heavy (non-hydrogen) atoms.